The lowest BCUT2D eigenvalue weighted by molar-refractivity contribution is 0.824. The molecule has 0 unspecified atom stereocenters. The van der Waals surface area contributed by atoms with Gasteiger partial charge in [0.1, 0.15) is 0 Å². The topological polar surface area (TPSA) is 79.1 Å². The number of rotatable bonds is 0. The molecule has 0 saturated carbocycles. The third kappa shape index (κ3) is 38.0. The van der Waals surface area contributed by atoms with Crippen LogP contribution >= 0.6 is 0 Å². The SMILES string of the molecule is CC#N.CC#N.O. The standard InChI is InChI=1S/2C2H3N.H2O/c2*1-2-3;/h2*1H3;1H2. The van der Waals surface area contributed by atoms with Crippen LogP contribution in [0.5, 0.6) is 0 Å². The summed E-state index contributed by atoms with van der Waals surface area (Å²) in [5.74, 6) is 0. The molecule has 2 N–H and O–H groups in total. The predicted octanol–water partition coefficient (Wildman–Crippen LogP) is 0.235. The first kappa shape index (κ1) is 16.8. The van der Waals surface area contributed by atoms with Crippen LogP contribution in [-0.4, -0.2) is 5.48 Å². The largest absolute Gasteiger partial charge is 0.412 e. The Morgan fingerprint density at radius 3 is 1.00 bits per heavy atom. The Labute approximate surface area is 43.1 Å². The van der Waals surface area contributed by atoms with Crippen LogP contribution in [0, 0.1) is 22.7 Å². The molecule has 0 bridgehead atoms. The molecule has 0 aromatic heterocycles. The summed E-state index contributed by atoms with van der Waals surface area (Å²) < 4.78 is 0. The van der Waals surface area contributed by atoms with E-state index in [-0.39, 0.29) is 5.48 Å². The highest BCUT2D eigenvalue weighted by atomic mass is 16.0. The van der Waals surface area contributed by atoms with Crippen LogP contribution in [0.1, 0.15) is 13.8 Å². The molecule has 0 spiro atoms. The van der Waals surface area contributed by atoms with Gasteiger partial charge in [0.25, 0.3) is 0 Å². The van der Waals surface area contributed by atoms with Gasteiger partial charge in [0, 0.05) is 13.8 Å². The van der Waals surface area contributed by atoms with Crippen molar-refractivity contribution in [2.75, 3.05) is 0 Å². The van der Waals surface area contributed by atoms with Gasteiger partial charge < -0.3 is 5.48 Å². The summed E-state index contributed by atoms with van der Waals surface area (Å²) in [4.78, 5) is 0. The molecule has 7 heavy (non-hydrogen) atoms. The Kier molecular flexibility index (Phi) is 208. The molecule has 0 amide bonds. The van der Waals surface area contributed by atoms with Crippen LogP contribution in [0.15, 0.2) is 0 Å². The number of hydrogen-bond acceptors (Lipinski definition) is 2. The van der Waals surface area contributed by atoms with E-state index in [4.69, 9.17) is 10.5 Å². The Hall–Kier alpha value is -1.06. The van der Waals surface area contributed by atoms with E-state index >= 15 is 0 Å². The normalized spacial score (nSPS) is 2.29. The fraction of sp³-hybridized carbons (Fsp3) is 0.500. The smallest absolute Gasteiger partial charge is 0.0587 e. The molecule has 0 aliphatic rings. The highest BCUT2D eigenvalue weighted by molar-refractivity contribution is 4.51. The second-order valence-electron chi connectivity index (χ2n) is 0.447. The summed E-state index contributed by atoms with van der Waals surface area (Å²) in [7, 11) is 0. The van der Waals surface area contributed by atoms with Crippen molar-refractivity contribution in [3.8, 4) is 12.1 Å². The number of hydrogen-bond donors (Lipinski definition) is 0. The third-order valence-corrected chi connectivity index (χ3v) is 0. The summed E-state index contributed by atoms with van der Waals surface area (Å²) in [5.41, 5.74) is 0. The van der Waals surface area contributed by atoms with Crippen LogP contribution in [0.3, 0.4) is 0 Å². The van der Waals surface area contributed by atoms with E-state index < -0.39 is 0 Å². The van der Waals surface area contributed by atoms with Crippen LogP contribution in [0.4, 0.5) is 0 Å². The van der Waals surface area contributed by atoms with Gasteiger partial charge in [-0.05, 0) is 0 Å². The quantitative estimate of drug-likeness (QED) is 0.437. The minimum atomic E-state index is 0. The molecule has 0 aliphatic carbocycles. The monoisotopic (exact) mass is 100 g/mol. The van der Waals surface area contributed by atoms with Gasteiger partial charge in [-0.15, -0.1) is 0 Å². The summed E-state index contributed by atoms with van der Waals surface area (Å²) >= 11 is 0. The summed E-state index contributed by atoms with van der Waals surface area (Å²) in [6, 6.07) is 3.50. The highest BCUT2D eigenvalue weighted by Crippen LogP contribution is 1.22. The summed E-state index contributed by atoms with van der Waals surface area (Å²) in [5, 5.41) is 14.6. The van der Waals surface area contributed by atoms with E-state index in [1.807, 2.05) is 0 Å². The first-order valence-corrected chi connectivity index (χ1v) is 1.45. The fourth-order valence-electron chi connectivity index (χ4n) is 0. The predicted molar refractivity (Wildman–Crippen MR) is 26.2 cm³/mol. The van der Waals surface area contributed by atoms with Crippen molar-refractivity contribution in [2.24, 2.45) is 0 Å². The van der Waals surface area contributed by atoms with Gasteiger partial charge in [0.05, 0.1) is 12.1 Å². The van der Waals surface area contributed by atoms with Gasteiger partial charge in [0.15, 0.2) is 0 Å². The molecule has 0 radical (unpaired) electrons. The zero-order valence-electron chi connectivity index (χ0n) is 4.39. The van der Waals surface area contributed by atoms with Crippen molar-refractivity contribution in [2.45, 2.75) is 13.8 Å². The molecule has 0 rings (SSSR count). The maximum atomic E-state index is 7.32. The highest BCUT2D eigenvalue weighted by Gasteiger charge is 1.18. The first-order chi connectivity index (χ1) is 2.83. The van der Waals surface area contributed by atoms with E-state index in [2.05, 4.69) is 0 Å². The Balaban J connectivity index is -0.0000000400. The first-order valence-electron chi connectivity index (χ1n) is 1.45. The van der Waals surface area contributed by atoms with Gasteiger partial charge in [0.2, 0.25) is 0 Å². The van der Waals surface area contributed by atoms with Crippen LogP contribution < -0.4 is 0 Å². The van der Waals surface area contributed by atoms with Crippen molar-refractivity contribution in [3.63, 3.8) is 0 Å². The molecule has 0 aliphatic heterocycles. The summed E-state index contributed by atoms with van der Waals surface area (Å²) in [6.07, 6.45) is 0. The molecule has 0 atom stereocenters. The number of nitriles is 2. The molecule has 0 aromatic rings. The van der Waals surface area contributed by atoms with Crippen LogP contribution in [0.25, 0.3) is 0 Å². The second kappa shape index (κ2) is 86.8. The molecule has 0 heterocycles. The van der Waals surface area contributed by atoms with Crippen LogP contribution in [0.2, 0.25) is 0 Å². The van der Waals surface area contributed by atoms with Gasteiger partial charge in [-0.2, -0.15) is 10.5 Å². The van der Waals surface area contributed by atoms with E-state index in [0.29, 0.717) is 0 Å². The minimum Gasteiger partial charge on any atom is -0.412 e. The van der Waals surface area contributed by atoms with Gasteiger partial charge in [-0.25, -0.2) is 0 Å². The fourth-order valence-corrected chi connectivity index (χ4v) is 0. The Bertz CT molecular complexity index is 64.7. The summed E-state index contributed by atoms with van der Waals surface area (Å²) in [6.45, 7) is 2.86. The average Bonchev–Trinajstić information content (AvgIpc) is 1.39. The lowest BCUT2D eigenvalue weighted by Gasteiger charge is -1.15. The zero-order chi connectivity index (χ0) is 5.41. The van der Waals surface area contributed by atoms with E-state index in [9.17, 15) is 0 Å². The van der Waals surface area contributed by atoms with Crippen molar-refractivity contribution < 1.29 is 5.48 Å². The van der Waals surface area contributed by atoms with Crippen molar-refractivity contribution in [3.05, 3.63) is 0 Å². The van der Waals surface area contributed by atoms with E-state index in [1.54, 1.807) is 12.1 Å². The number of nitrogens with zero attached hydrogens (tertiary/aromatic N) is 2. The Morgan fingerprint density at radius 2 is 1.00 bits per heavy atom. The third-order valence-electron chi connectivity index (χ3n) is 0. The maximum absolute atomic E-state index is 7.32. The van der Waals surface area contributed by atoms with Crippen molar-refractivity contribution >= 4 is 0 Å². The molecular weight excluding hydrogens is 92.1 g/mol. The lowest BCUT2D eigenvalue weighted by atomic mass is 11.0. The molecule has 0 aromatic carbocycles. The lowest BCUT2D eigenvalue weighted by Crippen LogP contribution is -1.10. The van der Waals surface area contributed by atoms with Crippen molar-refractivity contribution in [1.29, 1.82) is 10.5 Å². The van der Waals surface area contributed by atoms with E-state index in [1.165, 1.54) is 13.8 Å². The van der Waals surface area contributed by atoms with Crippen molar-refractivity contribution in [1.82, 2.24) is 0 Å². The molecular formula is C4H8N2O. The van der Waals surface area contributed by atoms with E-state index in [0.717, 1.165) is 0 Å². The minimum absolute atomic E-state index is 0. The second-order valence-corrected chi connectivity index (χ2v) is 0.447. The molecule has 3 heteroatoms. The van der Waals surface area contributed by atoms with Crippen LogP contribution in [-0.2, 0) is 0 Å². The van der Waals surface area contributed by atoms with Gasteiger partial charge in [-0.1, -0.05) is 0 Å². The molecule has 40 valence electrons. The van der Waals surface area contributed by atoms with Gasteiger partial charge in [-0.3, -0.25) is 0 Å². The molecule has 3 nitrogen and oxygen atoms in total. The van der Waals surface area contributed by atoms with Gasteiger partial charge >= 0.3 is 0 Å². The average molecular weight is 100 g/mol. The molecule has 0 saturated heterocycles. The maximum Gasteiger partial charge on any atom is 0.0587 e. The zero-order valence-corrected chi connectivity index (χ0v) is 4.39. The Morgan fingerprint density at radius 1 is 1.00 bits per heavy atom. The molecule has 0 fully saturated rings.